The van der Waals surface area contributed by atoms with E-state index in [1.165, 1.54) is 6.92 Å². The second-order valence-corrected chi connectivity index (χ2v) is 7.90. The number of morpholine rings is 1. The molecule has 1 aromatic rings. The Morgan fingerprint density at radius 1 is 1.42 bits per heavy atom. The van der Waals surface area contributed by atoms with Crippen LogP contribution >= 0.6 is 11.6 Å². The largest absolute Gasteiger partial charge is 0.379 e. The summed E-state index contributed by atoms with van der Waals surface area (Å²) >= 11 is 5.92. The number of nitrogens with zero attached hydrogens (tertiary/aromatic N) is 3. The summed E-state index contributed by atoms with van der Waals surface area (Å²) in [6.07, 6.45) is 1.91. The van der Waals surface area contributed by atoms with E-state index in [0.29, 0.717) is 6.54 Å². The molecular formula is C14H21ClN4O4S. The van der Waals surface area contributed by atoms with E-state index >= 15 is 0 Å². The molecule has 134 valence electrons. The van der Waals surface area contributed by atoms with E-state index in [2.05, 4.69) is 20.2 Å². The van der Waals surface area contributed by atoms with Gasteiger partial charge in [-0.1, -0.05) is 18.5 Å². The fourth-order valence-electron chi connectivity index (χ4n) is 2.20. The van der Waals surface area contributed by atoms with Crippen LogP contribution in [0.25, 0.3) is 0 Å². The molecule has 1 saturated heterocycles. The van der Waals surface area contributed by atoms with Crippen molar-refractivity contribution < 1.29 is 17.9 Å². The van der Waals surface area contributed by atoms with Gasteiger partial charge in [0, 0.05) is 19.6 Å². The van der Waals surface area contributed by atoms with E-state index in [-0.39, 0.29) is 21.6 Å². The van der Waals surface area contributed by atoms with Gasteiger partial charge in [0.25, 0.3) is 5.91 Å². The first-order chi connectivity index (χ1) is 11.4. The molecule has 2 heterocycles. The van der Waals surface area contributed by atoms with Gasteiger partial charge < -0.3 is 10.1 Å². The number of hydrogen-bond acceptors (Lipinski definition) is 7. The first-order valence-corrected chi connectivity index (χ1v) is 9.80. The molecule has 1 fully saturated rings. The predicted molar refractivity (Wildman–Crippen MR) is 89.0 cm³/mol. The Balaban J connectivity index is 1.90. The third kappa shape index (κ3) is 5.10. The van der Waals surface area contributed by atoms with Crippen LogP contribution in [-0.2, 0) is 14.6 Å². The molecule has 0 aromatic carbocycles. The highest BCUT2D eigenvalue weighted by atomic mass is 35.5. The second-order valence-electron chi connectivity index (χ2n) is 5.32. The molecule has 8 nitrogen and oxygen atoms in total. The van der Waals surface area contributed by atoms with Gasteiger partial charge in [-0.15, -0.1) is 0 Å². The molecule has 1 aromatic heterocycles. The Bertz CT molecular complexity index is 677. The van der Waals surface area contributed by atoms with Crippen LogP contribution in [0.2, 0.25) is 5.02 Å². The maximum absolute atomic E-state index is 12.2. The molecule has 0 aliphatic carbocycles. The van der Waals surface area contributed by atoms with Crippen LogP contribution in [0.5, 0.6) is 0 Å². The number of nitrogens with one attached hydrogen (secondary N) is 1. The minimum Gasteiger partial charge on any atom is -0.379 e. The average molecular weight is 377 g/mol. The lowest BCUT2D eigenvalue weighted by atomic mass is 10.3. The van der Waals surface area contributed by atoms with Crippen molar-refractivity contribution in [3.8, 4) is 0 Å². The Kier molecular flexibility index (Phi) is 6.90. The standard InChI is InChI=1S/C14H21ClN4O4S/c1-2-24(21,22)14-17-10-11(15)12(18-14)13(20)16-4-3-5-19-6-8-23-9-7-19/h10H,2-9H2,1H3,(H,16,20). The lowest BCUT2D eigenvalue weighted by molar-refractivity contribution is 0.0374. The first-order valence-electron chi connectivity index (χ1n) is 7.77. The molecule has 1 aliphatic rings. The highest BCUT2D eigenvalue weighted by Gasteiger charge is 2.20. The minimum atomic E-state index is -3.59. The molecule has 0 radical (unpaired) electrons. The third-order valence-electron chi connectivity index (χ3n) is 3.64. The van der Waals surface area contributed by atoms with Crippen LogP contribution in [0.1, 0.15) is 23.8 Å². The molecule has 1 aliphatic heterocycles. The Morgan fingerprint density at radius 3 is 2.79 bits per heavy atom. The predicted octanol–water partition coefficient (Wildman–Crippen LogP) is 0.376. The van der Waals surface area contributed by atoms with E-state index < -0.39 is 15.7 Å². The normalized spacial score (nSPS) is 16.1. The molecule has 2 rings (SSSR count). The number of ether oxygens (including phenoxy) is 1. The molecular weight excluding hydrogens is 356 g/mol. The van der Waals surface area contributed by atoms with Crippen molar-refractivity contribution in [1.29, 1.82) is 0 Å². The molecule has 0 spiro atoms. The number of carbonyl (C=O) groups is 1. The third-order valence-corrected chi connectivity index (χ3v) is 5.43. The smallest absolute Gasteiger partial charge is 0.271 e. The van der Waals surface area contributed by atoms with Crippen LogP contribution in [0.15, 0.2) is 11.4 Å². The summed E-state index contributed by atoms with van der Waals surface area (Å²) in [6, 6.07) is 0. The quantitative estimate of drug-likeness (QED) is 0.542. The summed E-state index contributed by atoms with van der Waals surface area (Å²) in [7, 11) is -3.59. The summed E-state index contributed by atoms with van der Waals surface area (Å²) in [5.41, 5.74) is -0.120. The van der Waals surface area contributed by atoms with Crippen molar-refractivity contribution >= 4 is 27.3 Å². The maximum Gasteiger partial charge on any atom is 0.271 e. The van der Waals surface area contributed by atoms with Crippen LogP contribution in [-0.4, -0.2) is 74.3 Å². The zero-order chi connectivity index (χ0) is 17.6. The van der Waals surface area contributed by atoms with Crippen molar-refractivity contribution in [1.82, 2.24) is 20.2 Å². The number of aromatic nitrogens is 2. The first kappa shape index (κ1) is 19.0. The van der Waals surface area contributed by atoms with Crippen molar-refractivity contribution in [3.05, 3.63) is 16.9 Å². The molecule has 0 saturated carbocycles. The monoisotopic (exact) mass is 376 g/mol. The van der Waals surface area contributed by atoms with Crippen molar-refractivity contribution in [3.63, 3.8) is 0 Å². The molecule has 0 bridgehead atoms. The van der Waals surface area contributed by atoms with Gasteiger partial charge in [0.2, 0.25) is 15.0 Å². The van der Waals surface area contributed by atoms with E-state index in [0.717, 1.165) is 45.5 Å². The van der Waals surface area contributed by atoms with Gasteiger partial charge in [-0.25, -0.2) is 18.4 Å². The van der Waals surface area contributed by atoms with E-state index in [9.17, 15) is 13.2 Å². The van der Waals surface area contributed by atoms with Gasteiger partial charge >= 0.3 is 0 Å². The zero-order valence-corrected chi connectivity index (χ0v) is 15.1. The number of rotatable bonds is 7. The summed E-state index contributed by atoms with van der Waals surface area (Å²) < 4.78 is 28.9. The number of halogens is 1. The Morgan fingerprint density at radius 2 is 2.12 bits per heavy atom. The number of amides is 1. The topological polar surface area (TPSA) is 101 Å². The molecule has 1 N–H and O–H groups in total. The van der Waals surface area contributed by atoms with Crippen LogP contribution < -0.4 is 5.32 Å². The fraction of sp³-hybridized carbons (Fsp3) is 0.643. The minimum absolute atomic E-state index is 0.0238. The molecule has 0 unspecified atom stereocenters. The average Bonchev–Trinajstić information content (AvgIpc) is 2.59. The van der Waals surface area contributed by atoms with E-state index in [1.54, 1.807) is 0 Å². The van der Waals surface area contributed by atoms with E-state index in [4.69, 9.17) is 16.3 Å². The highest BCUT2D eigenvalue weighted by molar-refractivity contribution is 7.91. The van der Waals surface area contributed by atoms with Gasteiger partial charge in [-0.3, -0.25) is 9.69 Å². The van der Waals surface area contributed by atoms with Crippen molar-refractivity contribution in [2.45, 2.75) is 18.5 Å². The lowest BCUT2D eigenvalue weighted by Crippen LogP contribution is -2.38. The van der Waals surface area contributed by atoms with Gasteiger partial charge in [0.05, 0.1) is 30.2 Å². The number of sulfone groups is 1. The Labute approximate surface area is 146 Å². The van der Waals surface area contributed by atoms with Crippen molar-refractivity contribution in [2.24, 2.45) is 0 Å². The summed E-state index contributed by atoms with van der Waals surface area (Å²) in [5, 5.41) is 2.35. The summed E-state index contributed by atoms with van der Waals surface area (Å²) in [5.74, 6) is -0.646. The van der Waals surface area contributed by atoms with Gasteiger partial charge in [0.15, 0.2) is 5.69 Å². The number of hydrogen-bond donors (Lipinski definition) is 1. The Hall–Kier alpha value is -1.29. The molecule has 24 heavy (non-hydrogen) atoms. The van der Waals surface area contributed by atoms with Crippen LogP contribution in [0, 0.1) is 0 Å². The number of carbonyl (C=O) groups excluding carboxylic acids is 1. The highest BCUT2D eigenvalue weighted by Crippen LogP contribution is 2.15. The van der Waals surface area contributed by atoms with Crippen LogP contribution in [0.4, 0.5) is 0 Å². The lowest BCUT2D eigenvalue weighted by Gasteiger charge is -2.26. The van der Waals surface area contributed by atoms with Crippen molar-refractivity contribution in [2.75, 3.05) is 45.1 Å². The summed E-state index contributed by atoms with van der Waals surface area (Å²) in [6.45, 7) is 6.05. The fourth-order valence-corrected chi connectivity index (χ4v) is 3.08. The van der Waals surface area contributed by atoms with Crippen LogP contribution in [0.3, 0.4) is 0 Å². The SMILES string of the molecule is CCS(=O)(=O)c1ncc(Cl)c(C(=O)NCCCN2CCOCC2)n1. The molecule has 10 heteroatoms. The van der Waals surface area contributed by atoms with Gasteiger partial charge in [-0.2, -0.15) is 0 Å². The zero-order valence-electron chi connectivity index (χ0n) is 13.5. The maximum atomic E-state index is 12.2. The molecule has 1 amide bonds. The second kappa shape index (κ2) is 8.70. The van der Waals surface area contributed by atoms with E-state index in [1.807, 2.05) is 0 Å². The van der Waals surface area contributed by atoms with Gasteiger partial charge in [-0.05, 0) is 13.0 Å². The van der Waals surface area contributed by atoms with Gasteiger partial charge in [0.1, 0.15) is 0 Å². The summed E-state index contributed by atoms with van der Waals surface area (Å²) in [4.78, 5) is 21.9. The molecule has 0 atom stereocenters.